The van der Waals surface area contributed by atoms with E-state index in [1.165, 1.54) is 0 Å². The summed E-state index contributed by atoms with van der Waals surface area (Å²) in [5.41, 5.74) is 7.21. The molecular formula is C6H11N3O2. The maximum Gasteiger partial charge on any atom is 0.0747 e. The van der Waals surface area contributed by atoms with Crippen molar-refractivity contribution in [3.63, 3.8) is 0 Å². The first-order valence-electron chi connectivity index (χ1n) is 3.58. The van der Waals surface area contributed by atoms with Crippen molar-refractivity contribution in [3.05, 3.63) is 10.4 Å². The number of nitrogens with zero attached hydrogens (tertiary/aromatic N) is 3. The Bertz CT molecular complexity index is 171. The molecule has 0 bridgehead atoms. The predicted octanol–water partition coefficient (Wildman–Crippen LogP) is 0.838. The van der Waals surface area contributed by atoms with E-state index in [2.05, 4.69) is 10.0 Å². The summed E-state index contributed by atoms with van der Waals surface area (Å²) >= 11 is 0. The summed E-state index contributed by atoms with van der Waals surface area (Å²) in [5, 5.41) is 13.0. The van der Waals surface area contributed by atoms with Crippen LogP contribution in [-0.4, -0.2) is 30.5 Å². The Hall–Kier alpha value is -0.770. The van der Waals surface area contributed by atoms with Gasteiger partial charge in [0, 0.05) is 18.1 Å². The van der Waals surface area contributed by atoms with Gasteiger partial charge in [0.15, 0.2) is 0 Å². The Morgan fingerprint density at radius 3 is 2.73 bits per heavy atom. The van der Waals surface area contributed by atoms with Crippen molar-refractivity contribution >= 4 is 0 Å². The van der Waals surface area contributed by atoms with Crippen LogP contribution in [0.15, 0.2) is 5.11 Å². The Morgan fingerprint density at radius 1 is 1.55 bits per heavy atom. The molecule has 0 atom stereocenters. The van der Waals surface area contributed by atoms with E-state index < -0.39 is 5.60 Å². The van der Waals surface area contributed by atoms with Crippen LogP contribution in [0, 0.1) is 0 Å². The maximum atomic E-state index is 9.66. The Labute approximate surface area is 64.6 Å². The van der Waals surface area contributed by atoms with Gasteiger partial charge in [-0.3, -0.25) is 0 Å². The minimum absolute atomic E-state index is 0.160. The molecule has 62 valence electrons. The third kappa shape index (κ3) is 2.38. The average Bonchev–Trinajstić information content (AvgIpc) is 2.03. The van der Waals surface area contributed by atoms with Crippen molar-refractivity contribution < 1.29 is 9.84 Å². The van der Waals surface area contributed by atoms with Gasteiger partial charge in [0.1, 0.15) is 0 Å². The first kappa shape index (κ1) is 8.33. The normalized spacial score (nSPS) is 22.3. The fourth-order valence-electron chi connectivity index (χ4n) is 1.07. The number of rotatable bonds is 2. The van der Waals surface area contributed by atoms with Crippen molar-refractivity contribution in [2.24, 2.45) is 5.11 Å². The van der Waals surface area contributed by atoms with Crippen molar-refractivity contribution in [3.8, 4) is 0 Å². The van der Waals surface area contributed by atoms with Gasteiger partial charge < -0.3 is 9.84 Å². The van der Waals surface area contributed by atoms with Crippen LogP contribution in [0.5, 0.6) is 0 Å². The zero-order chi connectivity index (χ0) is 8.16. The SMILES string of the molecule is [N-]=[N+]=NCC1(O)CCOCC1. The number of azide groups is 1. The molecule has 1 heterocycles. The third-order valence-corrected chi connectivity index (χ3v) is 1.85. The summed E-state index contributed by atoms with van der Waals surface area (Å²) in [6.07, 6.45) is 1.12. The zero-order valence-corrected chi connectivity index (χ0v) is 6.23. The highest BCUT2D eigenvalue weighted by Gasteiger charge is 2.28. The molecule has 1 aliphatic heterocycles. The molecule has 0 aromatic carbocycles. The van der Waals surface area contributed by atoms with Gasteiger partial charge in [0.25, 0.3) is 0 Å². The smallest absolute Gasteiger partial charge is 0.0747 e. The molecular weight excluding hydrogens is 146 g/mol. The Balaban J connectivity index is 2.42. The molecule has 0 aromatic heterocycles. The molecule has 0 spiro atoms. The molecule has 1 N–H and O–H groups in total. The van der Waals surface area contributed by atoms with Crippen LogP contribution in [0.2, 0.25) is 0 Å². The monoisotopic (exact) mass is 157 g/mol. The minimum atomic E-state index is -0.815. The van der Waals surface area contributed by atoms with E-state index in [1.54, 1.807) is 0 Å². The second-order valence-corrected chi connectivity index (χ2v) is 2.73. The van der Waals surface area contributed by atoms with E-state index in [9.17, 15) is 5.11 Å². The second kappa shape index (κ2) is 3.57. The van der Waals surface area contributed by atoms with E-state index in [4.69, 9.17) is 10.3 Å². The molecule has 1 rings (SSSR count). The lowest BCUT2D eigenvalue weighted by molar-refractivity contribution is -0.0567. The highest BCUT2D eigenvalue weighted by Crippen LogP contribution is 2.20. The van der Waals surface area contributed by atoms with Gasteiger partial charge in [-0.1, -0.05) is 5.11 Å². The van der Waals surface area contributed by atoms with E-state index >= 15 is 0 Å². The van der Waals surface area contributed by atoms with Crippen LogP contribution in [0.25, 0.3) is 10.4 Å². The molecule has 0 unspecified atom stereocenters. The van der Waals surface area contributed by atoms with Crippen LogP contribution in [-0.2, 0) is 4.74 Å². The molecule has 1 fully saturated rings. The standard InChI is InChI=1S/C6H11N3O2/c7-9-8-5-6(10)1-3-11-4-2-6/h10H,1-5H2. The highest BCUT2D eigenvalue weighted by atomic mass is 16.5. The van der Waals surface area contributed by atoms with Crippen molar-refractivity contribution in [1.82, 2.24) is 0 Å². The molecule has 0 radical (unpaired) electrons. The fourth-order valence-corrected chi connectivity index (χ4v) is 1.07. The minimum Gasteiger partial charge on any atom is -0.390 e. The molecule has 5 nitrogen and oxygen atoms in total. The van der Waals surface area contributed by atoms with Crippen molar-refractivity contribution in [2.45, 2.75) is 18.4 Å². The molecule has 5 heteroatoms. The number of ether oxygens (including phenoxy) is 1. The summed E-state index contributed by atoms with van der Waals surface area (Å²) in [6.45, 7) is 1.27. The summed E-state index contributed by atoms with van der Waals surface area (Å²) in [4.78, 5) is 2.60. The molecule has 0 saturated carbocycles. The van der Waals surface area contributed by atoms with Crippen LogP contribution < -0.4 is 0 Å². The van der Waals surface area contributed by atoms with Crippen LogP contribution >= 0.6 is 0 Å². The molecule has 1 saturated heterocycles. The first-order chi connectivity index (χ1) is 5.27. The van der Waals surface area contributed by atoms with Crippen LogP contribution in [0.1, 0.15) is 12.8 Å². The molecule has 0 amide bonds. The summed E-state index contributed by atoms with van der Waals surface area (Å²) in [6, 6.07) is 0. The lowest BCUT2D eigenvalue weighted by atomic mass is 9.95. The second-order valence-electron chi connectivity index (χ2n) is 2.73. The Kier molecular flexibility index (Phi) is 2.70. The van der Waals surface area contributed by atoms with Gasteiger partial charge in [-0.05, 0) is 18.4 Å². The average molecular weight is 157 g/mol. The predicted molar refractivity (Wildman–Crippen MR) is 39.0 cm³/mol. The molecule has 0 aliphatic carbocycles. The zero-order valence-electron chi connectivity index (χ0n) is 6.23. The molecule has 11 heavy (non-hydrogen) atoms. The van der Waals surface area contributed by atoms with Gasteiger partial charge in [-0.2, -0.15) is 0 Å². The lowest BCUT2D eigenvalue weighted by Gasteiger charge is -2.30. The van der Waals surface area contributed by atoms with Crippen LogP contribution in [0.4, 0.5) is 0 Å². The number of aliphatic hydroxyl groups is 1. The number of hydrogen-bond donors (Lipinski definition) is 1. The summed E-state index contributed by atoms with van der Waals surface area (Å²) in [5.74, 6) is 0. The van der Waals surface area contributed by atoms with Gasteiger partial charge in [0.05, 0.1) is 12.1 Å². The molecule has 1 aliphatic rings. The highest BCUT2D eigenvalue weighted by molar-refractivity contribution is 4.83. The third-order valence-electron chi connectivity index (χ3n) is 1.85. The first-order valence-corrected chi connectivity index (χ1v) is 3.58. The number of hydrogen-bond acceptors (Lipinski definition) is 3. The topological polar surface area (TPSA) is 78.2 Å². The van der Waals surface area contributed by atoms with E-state index in [-0.39, 0.29) is 6.54 Å². The van der Waals surface area contributed by atoms with E-state index in [0.717, 1.165) is 0 Å². The summed E-state index contributed by atoms with van der Waals surface area (Å²) in [7, 11) is 0. The quantitative estimate of drug-likeness (QED) is 0.366. The largest absolute Gasteiger partial charge is 0.390 e. The van der Waals surface area contributed by atoms with Gasteiger partial charge in [-0.15, -0.1) is 0 Å². The summed E-state index contributed by atoms with van der Waals surface area (Å²) < 4.78 is 5.05. The van der Waals surface area contributed by atoms with Gasteiger partial charge in [0.2, 0.25) is 0 Å². The van der Waals surface area contributed by atoms with Gasteiger partial charge in [-0.25, -0.2) is 0 Å². The lowest BCUT2D eigenvalue weighted by Crippen LogP contribution is -2.38. The fraction of sp³-hybridized carbons (Fsp3) is 1.00. The van der Waals surface area contributed by atoms with Crippen molar-refractivity contribution in [1.29, 1.82) is 0 Å². The maximum absolute atomic E-state index is 9.66. The van der Waals surface area contributed by atoms with Gasteiger partial charge >= 0.3 is 0 Å². The molecule has 0 aromatic rings. The van der Waals surface area contributed by atoms with Crippen LogP contribution in [0.3, 0.4) is 0 Å². The Morgan fingerprint density at radius 2 is 2.18 bits per heavy atom. The van der Waals surface area contributed by atoms with Crippen molar-refractivity contribution in [2.75, 3.05) is 19.8 Å². The van der Waals surface area contributed by atoms with E-state index in [0.29, 0.717) is 26.1 Å². The van der Waals surface area contributed by atoms with E-state index in [1.807, 2.05) is 0 Å².